The molecule has 0 unspecified atom stereocenters. The van der Waals surface area contributed by atoms with Crippen molar-refractivity contribution >= 4 is 46.3 Å². The van der Waals surface area contributed by atoms with E-state index in [0.29, 0.717) is 16.6 Å². The van der Waals surface area contributed by atoms with E-state index in [1.165, 1.54) is 11.4 Å². The molecular weight excluding hydrogens is 451 g/mol. The molecule has 4 nitrogen and oxygen atoms in total. The average Bonchev–Trinajstić information content (AvgIpc) is 2.73. The van der Waals surface area contributed by atoms with Gasteiger partial charge in [-0.15, -0.1) is 0 Å². The van der Waals surface area contributed by atoms with Crippen LogP contribution in [0.3, 0.4) is 0 Å². The topological polar surface area (TPSA) is 30.9 Å². The van der Waals surface area contributed by atoms with E-state index in [0.717, 1.165) is 61.7 Å². The highest BCUT2D eigenvalue weighted by atomic mass is 35.5. The molecule has 2 aliphatic heterocycles. The van der Waals surface area contributed by atoms with Crippen LogP contribution in [0.25, 0.3) is 0 Å². The third-order valence-corrected chi connectivity index (χ3v) is 7.26. The summed E-state index contributed by atoms with van der Waals surface area (Å²) in [7, 11) is 4.20. The van der Waals surface area contributed by atoms with Crippen molar-refractivity contribution in [3.8, 4) is 0 Å². The zero-order valence-electron chi connectivity index (χ0n) is 18.1. The van der Waals surface area contributed by atoms with Gasteiger partial charge in [-0.05, 0) is 81.8 Å². The van der Waals surface area contributed by atoms with Gasteiger partial charge in [0.15, 0.2) is 0 Å². The minimum absolute atomic E-state index is 0.000294. The molecule has 0 saturated carbocycles. The van der Waals surface area contributed by atoms with Gasteiger partial charge in [0.1, 0.15) is 5.84 Å². The molecule has 0 radical (unpaired) electrons. The second kappa shape index (κ2) is 9.68. The van der Waals surface area contributed by atoms with Crippen LogP contribution >= 0.6 is 34.8 Å². The minimum Gasteiger partial charge on any atom is -0.328 e. The molecule has 0 aliphatic carbocycles. The van der Waals surface area contributed by atoms with Crippen LogP contribution in [-0.4, -0.2) is 51.0 Å². The number of likely N-dealkylation sites (N-methyl/N-ethyl adjacent to an activating group) is 1. The van der Waals surface area contributed by atoms with Crippen molar-refractivity contribution in [2.75, 3.05) is 45.2 Å². The molecule has 2 aromatic rings. The number of amidine groups is 1. The summed E-state index contributed by atoms with van der Waals surface area (Å²) < 4.78 is 0. The highest BCUT2D eigenvalue weighted by molar-refractivity contribution is 6.42. The van der Waals surface area contributed by atoms with Crippen LogP contribution in [0, 0.1) is 5.41 Å². The summed E-state index contributed by atoms with van der Waals surface area (Å²) >= 11 is 19.1. The summed E-state index contributed by atoms with van der Waals surface area (Å²) in [5.41, 5.74) is 3.51. The first kappa shape index (κ1) is 22.9. The van der Waals surface area contributed by atoms with Gasteiger partial charge in [0.05, 0.1) is 16.6 Å². The van der Waals surface area contributed by atoms with Gasteiger partial charge in [-0.25, -0.2) is 0 Å². The fourth-order valence-electron chi connectivity index (χ4n) is 4.70. The maximum absolute atomic E-state index is 6.46. The predicted octanol–water partition coefficient (Wildman–Crippen LogP) is 5.54. The first-order valence-corrected chi connectivity index (χ1v) is 11.9. The zero-order valence-corrected chi connectivity index (χ0v) is 20.4. The Balaban J connectivity index is 1.80. The molecule has 2 aliphatic rings. The second-order valence-electron chi connectivity index (χ2n) is 8.83. The minimum atomic E-state index is 0.000294. The Morgan fingerprint density at radius 3 is 2.52 bits per heavy atom. The Kier molecular flexibility index (Phi) is 7.14. The number of halogens is 3. The van der Waals surface area contributed by atoms with Crippen LogP contribution < -0.4 is 10.2 Å². The van der Waals surface area contributed by atoms with E-state index in [4.69, 9.17) is 39.8 Å². The Hall–Kier alpha value is -1.30. The smallest absolute Gasteiger partial charge is 0.110 e. The van der Waals surface area contributed by atoms with Gasteiger partial charge in [-0.2, -0.15) is 0 Å². The first-order chi connectivity index (χ1) is 14.9. The van der Waals surface area contributed by atoms with E-state index in [-0.39, 0.29) is 5.41 Å². The fraction of sp³-hybridized carbons (Fsp3) is 0.458. The molecule has 2 aromatic carbocycles. The van der Waals surface area contributed by atoms with Crippen molar-refractivity contribution in [2.45, 2.75) is 25.8 Å². The lowest BCUT2D eigenvalue weighted by atomic mass is 9.70. The van der Waals surface area contributed by atoms with Crippen molar-refractivity contribution in [3.05, 3.63) is 62.6 Å². The van der Waals surface area contributed by atoms with Crippen LogP contribution in [0.1, 0.15) is 24.0 Å². The number of benzene rings is 2. The largest absolute Gasteiger partial charge is 0.328 e. The van der Waals surface area contributed by atoms with Crippen molar-refractivity contribution in [2.24, 2.45) is 10.4 Å². The average molecular weight is 480 g/mol. The number of aliphatic imine (C=N–C) groups is 1. The van der Waals surface area contributed by atoms with E-state index < -0.39 is 0 Å². The lowest BCUT2D eigenvalue weighted by molar-refractivity contribution is 0.286. The monoisotopic (exact) mass is 478 g/mol. The molecule has 0 bridgehead atoms. The maximum atomic E-state index is 6.46. The van der Waals surface area contributed by atoms with Crippen LogP contribution in [0.15, 0.2) is 41.4 Å². The van der Waals surface area contributed by atoms with E-state index >= 15 is 0 Å². The summed E-state index contributed by atoms with van der Waals surface area (Å²) in [5.74, 6) is 1.17. The molecule has 0 aromatic heterocycles. The molecule has 1 spiro atoms. The number of anilines is 1. The molecule has 2 heterocycles. The third-order valence-electron chi connectivity index (χ3n) is 6.30. The maximum Gasteiger partial charge on any atom is 0.110 e. The van der Waals surface area contributed by atoms with Gasteiger partial charge in [-0.1, -0.05) is 46.9 Å². The number of rotatable bonds is 5. The van der Waals surface area contributed by atoms with Crippen molar-refractivity contribution < 1.29 is 0 Å². The third kappa shape index (κ3) is 5.04. The van der Waals surface area contributed by atoms with Gasteiger partial charge in [-0.3, -0.25) is 4.99 Å². The van der Waals surface area contributed by atoms with Crippen LogP contribution in [0.5, 0.6) is 0 Å². The molecule has 1 saturated heterocycles. The number of nitrogens with zero attached hydrogens (tertiary/aromatic N) is 3. The number of hydrogen-bond acceptors (Lipinski definition) is 3. The molecule has 0 atom stereocenters. The van der Waals surface area contributed by atoms with Gasteiger partial charge in [0.25, 0.3) is 0 Å². The summed E-state index contributed by atoms with van der Waals surface area (Å²) in [6.07, 6.45) is 3.05. The SMILES string of the molecule is CN(C)CCN1C(=NCc2cccc(Cl)c2)C2(CCNCC2)Cc2cc(Cl)c(Cl)cc21. The summed E-state index contributed by atoms with van der Waals surface area (Å²) in [6, 6.07) is 12.0. The van der Waals surface area contributed by atoms with Crippen LogP contribution in [0.4, 0.5) is 5.69 Å². The normalized spacial score (nSPS) is 19.3. The molecule has 166 valence electrons. The Labute approximate surface area is 200 Å². The zero-order chi connectivity index (χ0) is 22.0. The molecule has 31 heavy (non-hydrogen) atoms. The van der Waals surface area contributed by atoms with Gasteiger partial charge in [0.2, 0.25) is 0 Å². The second-order valence-corrected chi connectivity index (χ2v) is 10.1. The number of piperidine rings is 1. The Morgan fingerprint density at radius 1 is 1.06 bits per heavy atom. The van der Waals surface area contributed by atoms with E-state index in [9.17, 15) is 0 Å². The molecule has 0 amide bonds. The van der Waals surface area contributed by atoms with Gasteiger partial charge >= 0.3 is 0 Å². The molecule has 7 heteroatoms. The molecule has 1 N–H and O–H groups in total. The number of nitrogens with one attached hydrogen (secondary N) is 1. The molecular formula is C24H29Cl3N4. The number of fused-ring (bicyclic) bond motifs is 1. The Bertz CT molecular complexity index is 967. The molecule has 4 rings (SSSR count). The summed E-state index contributed by atoms with van der Waals surface area (Å²) in [5, 5.41) is 5.48. The van der Waals surface area contributed by atoms with Crippen molar-refractivity contribution in [1.82, 2.24) is 10.2 Å². The molecule has 1 fully saturated rings. The fourth-order valence-corrected chi connectivity index (χ4v) is 5.26. The highest BCUT2D eigenvalue weighted by Crippen LogP contribution is 2.46. The summed E-state index contributed by atoms with van der Waals surface area (Å²) in [6.45, 7) is 4.37. The van der Waals surface area contributed by atoms with Crippen LogP contribution in [-0.2, 0) is 13.0 Å². The highest BCUT2D eigenvalue weighted by Gasteiger charge is 2.44. The van der Waals surface area contributed by atoms with E-state index in [2.05, 4.69) is 41.3 Å². The standard InChI is InChI=1S/C24H29Cl3N4/c1-30(2)10-11-31-22-14-21(27)20(26)13-18(22)15-24(6-8-28-9-7-24)23(31)29-16-17-4-3-5-19(25)12-17/h3-5,12-14,28H,6-11,15-16H2,1-2H3. The van der Waals surface area contributed by atoms with E-state index in [1.54, 1.807) is 0 Å². The quantitative estimate of drug-likeness (QED) is 0.611. The lowest BCUT2D eigenvalue weighted by Crippen LogP contribution is -2.55. The lowest BCUT2D eigenvalue weighted by Gasteiger charge is -2.48. The first-order valence-electron chi connectivity index (χ1n) is 10.8. The van der Waals surface area contributed by atoms with Gasteiger partial charge in [0, 0.05) is 29.2 Å². The predicted molar refractivity (Wildman–Crippen MR) is 133 cm³/mol. The van der Waals surface area contributed by atoms with Gasteiger partial charge < -0.3 is 15.1 Å². The number of hydrogen-bond donors (Lipinski definition) is 1. The van der Waals surface area contributed by atoms with Crippen molar-refractivity contribution in [1.29, 1.82) is 0 Å². The van der Waals surface area contributed by atoms with Crippen molar-refractivity contribution in [3.63, 3.8) is 0 Å². The van der Waals surface area contributed by atoms with Crippen LogP contribution in [0.2, 0.25) is 15.1 Å². The Morgan fingerprint density at radius 2 is 1.81 bits per heavy atom. The van der Waals surface area contributed by atoms with E-state index in [1.807, 2.05) is 24.3 Å². The summed E-state index contributed by atoms with van der Waals surface area (Å²) in [4.78, 5) is 9.83.